The second kappa shape index (κ2) is 6.32. The van der Waals surface area contributed by atoms with Crippen molar-refractivity contribution < 1.29 is 0 Å². The van der Waals surface area contributed by atoms with E-state index < -0.39 is 0 Å². The Morgan fingerprint density at radius 1 is 1.25 bits per heavy atom. The fourth-order valence-corrected chi connectivity index (χ4v) is 3.31. The molecule has 4 N–H and O–H groups in total. The summed E-state index contributed by atoms with van der Waals surface area (Å²) in [5.74, 6) is 1.10. The molecular formula is C19H23N5. The zero-order valence-electron chi connectivity index (χ0n) is 13.7. The summed E-state index contributed by atoms with van der Waals surface area (Å²) < 4.78 is 0. The lowest BCUT2D eigenvalue weighted by Crippen LogP contribution is -2.32. The Bertz CT molecular complexity index is 795. The van der Waals surface area contributed by atoms with Crippen LogP contribution < -0.4 is 11.5 Å². The quantitative estimate of drug-likeness (QED) is 0.828. The van der Waals surface area contributed by atoms with E-state index in [9.17, 15) is 0 Å². The zero-order chi connectivity index (χ0) is 16.5. The highest BCUT2D eigenvalue weighted by Crippen LogP contribution is 2.38. The number of nitrogens with zero attached hydrogens (tertiary/aromatic N) is 3. The van der Waals surface area contributed by atoms with Gasteiger partial charge < -0.3 is 11.5 Å². The minimum absolute atomic E-state index is 0.369. The molecule has 124 valence electrons. The third-order valence-electron chi connectivity index (χ3n) is 5.11. The van der Waals surface area contributed by atoms with Gasteiger partial charge in [-0.05, 0) is 61.6 Å². The topological polar surface area (TPSA) is 90.2 Å². The number of fused-ring (bicyclic) bond motifs is 1. The molecule has 0 spiro atoms. The first kappa shape index (κ1) is 15.3. The molecule has 0 unspecified atom stereocenters. The van der Waals surface area contributed by atoms with Gasteiger partial charge in [0.2, 0.25) is 0 Å². The van der Waals surface area contributed by atoms with Crippen molar-refractivity contribution in [2.75, 3.05) is 6.54 Å². The third kappa shape index (κ3) is 2.91. The van der Waals surface area contributed by atoms with Crippen molar-refractivity contribution >= 4 is 22.6 Å². The molecule has 2 aromatic rings. The summed E-state index contributed by atoms with van der Waals surface area (Å²) in [5.41, 5.74) is 14.9. The monoisotopic (exact) mass is 321 g/mol. The molecule has 2 aromatic heterocycles. The maximum atomic E-state index is 6.45. The van der Waals surface area contributed by atoms with Crippen LogP contribution in [0.3, 0.4) is 0 Å². The minimum Gasteiger partial charge on any atom is -0.401 e. The van der Waals surface area contributed by atoms with E-state index in [-0.39, 0.29) is 0 Å². The van der Waals surface area contributed by atoms with E-state index in [0.717, 1.165) is 60.0 Å². The van der Waals surface area contributed by atoms with Gasteiger partial charge in [0.1, 0.15) is 0 Å². The van der Waals surface area contributed by atoms with Gasteiger partial charge in [0.05, 0.1) is 11.7 Å². The standard InChI is InChI=1S/C19H23N5/c20-9-12-7-15(8-12)24-11-17(18(21)14-1-2-14)19-16-10-22-5-3-13(16)4-6-23-19/h3-6,10-12,14-15H,1-2,7-9,20-21H2. The highest BCUT2D eigenvalue weighted by Gasteiger charge is 2.29. The molecule has 0 radical (unpaired) electrons. The second-order valence-corrected chi connectivity index (χ2v) is 6.90. The average molecular weight is 321 g/mol. The first-order valence-corrected chi connectivity index (χ1v) is 8.68. The number of aromatic nitrogens is 2. The van der Waals surface area contributed by atoms with Gasteiger partial charge in [-0.25, -0.2) is 0 Å². The summed E-state index contributed by atoms with van der Waals surface area (Å²) in [6.07, 6.45) is 11.9. The Labute approximate surface area is 141 Å². The van der Waals surface area contributed by atoms with Gasteiger partial charge in [0, 0.05) is 41.5 Å². The van der Waals surface area contributed by atoms with Crippen molar-refractivity contribution in [2.24, 2.45) is 28.3 Å². The van der Waals surface area contributed by atoms with E-state index in [0.29, 0.717) is 17.9 Å². The van der Waals surface area contributed by atoms with E-state index in [2.05, 4.69) is 9.97 Å². The number of rotatable bonds is 5. The number of aliphatic imine (C=N–C) groups is 1. The van der Waals surface area contributed by atoms with E-state index in [1.807, 2.05) is 30.7 Å². The van der Waals surface area contributed by atoms with Crippen molar-refractivity contribution in [3.63, 3.8) is 0 Å². The molecule has 0 aromatic carbocycles. The number of pyridine rings is 2. The average Bonchev–Trinajstić information content (AvgIpc) is 3.41. The third-order valence-corrected chi connectivity index (χ3v) is 5.11. The number of allylic oxidation sites excluding steroid dienone is 2. The smallest absolute Gasteiger partial charge is 0.0828 e. The lowest BCUT2D eigenvalue weighted by molar-refractivity contribution is 0.276. The van der Waals surface area contributed by atoms with E-state index in [1.54, 1.807) is 6.20 Å². The Balaban J connectivity index is 1.71. The first-order chi connectivity index (χ1) is 11.8. The maximum Gasteiger partial charge on any atom is 0.0828 e. The lowest BCUT2D eigenvalue weighted by atomic mass is 9.81. The molecule has 2 saturated carbocycles. The van der Waals surface area contributed by atoms with E-state index in [4.69, 9.17) is 16.5 Å². The maximum absolute atomic E-state index is 6.45. The van der Waals surface area contributed by atoms with Crippen molar-refractivity contribution in [3.05, 3.63) is 42.1 Å². The van der Waals surface area contributed by atoms with Gasteiger partial charge in [0.15, 0.2) is 0 Å². The Hall–Kier alpha value is -2.27. The first-order valence-electron chi connectivity index (χ1n) is 8.68. The molecule has 0 saturated heterocycles. The molecule has 5 heteroatoms. The van der Waals surface area contributed by atoms with Gasteiger partial charge in [-0.3, -0.25) is 15.0 Å². The zero-order valence-corrected chi connectivity index (χ0v) is 13.7. The summed E-state index contributed by atoms with van der Waals surface area (Å²) in [6, 6.07) is 4.37. The molecule has 2 fully saturated rings. The van der Waals surface area contributed by atoms with Crippen molar-refractivity contribution in [1.29, 1.82) is 0 Å². The molecule has 0 aliphatic heterocycles. The van der Waals surface area contributed by atoms with Gasteiger partial charge in [-0.15, -0.1) is 0 Å². The molecule has 2 heterocycles. The van der Waals surface area contributed by atoms with Crippen LogP contribution in [0.25, 0.3) is 16.3 Å². The Kier molecular flexibility index (Phi) is 4.02. The van der Waals surface area contributed by atoms with Crippen LogP contribution in [0, 0.1) is 11.8 Å². The SMILES string of the molecule is NCC1CC(N=CC(=C(N)C2CC2)c2nccc3ccncc23)C1. The Morgan fingerprint density at radius 3 is 2.79 bits per heavy atom. The van der Waals surface area contributed by atoms with Crippen molar-refractivity contribution in [1.82, 2.24) is 9.97 Å². The second-order valence-electron chi connectivity index (χ2n) is 6.90. The normalized spacial score (nSPS) is 24.9. The van der Waals surface area contributed by atoms with Gasteiger partial charge in [-0.1, -0.05) is 0 Å². The molecule has 0 atom stereocenters. The fraction of sp³-hybridized carbons (Fsp3) is 0.421. The number of nitrogens with two attached hydrogens (primary N) is 2. The molecule has 2 aliphatic rings. The van der Waals surface area contributed by atoms with E-state index >= 15 is 0 Å². The largest absolute Gasteiger partial charge is 0.401 e. The predicted octanol–water partition coefficient (Wildman–Crippen LogP) is 2.52. The van der Waals surface area contributed by atoms with Crippen LogP contribution in [0.4, 0.5) is 0 Å². The molecule has 2 aliphatic carbocycles. The van der Waals surface area contributed by atoms with Crippen LogP contribution in [0.2, 0.25) is 0 Å². The Morgan fingerprint density at radius 2 is 2.04 bits per heavy atom. The van der Waals surface area contributed by atoms with Crippen LogP contribution in [0.1, 0.15) is 31.4 Å². The molecular weight excluding hydrogens is 298 g/mol. The highest BCUT2D eigenvalue weighted by molar-refractivity contribution is 6.14. The van der Waals surface area contributed by atoms with Crippen molar-refractivity contribution in [2.45, 2.75) is 31.7 Å². The summed E-state index contributed by atoms with van der Waals surface area (Å²) in [7, 11) is 0. The molecule has 0 amide bonds. The summed E-state index contributed by atoms with van der Waals surface area (Å²) >= 11 is 0. The van der Waals surface area contributed by atoms with Crippen LogP contribution in [-0.4, -0.2) is 28.8 Å². The molecule has 4 rings (SSSR count). The predicted molar refractivity (Wildman–Crippen MR) is 97.4 cm³/mol. The summed E-state index contributed by atoms with van der Waals surface area (Å²) in [4.78, 5) is 13.6. The lowest BCUT2D eigenvalue weighted by Gasteiger charge is -2.31. The van der Waals surface area contributed by atoms with Crippen LogP contribution in [-0.2, 0) is 0 Å². The fourth-order valence-electron chi connectivity index (χ4n) is 3.31. The number of hydrogen-bond donors (Lipinski definition) is 2. The summed E-state index contributed by atoms with van der Waals surface area (Å²) in [5, 5.41) is 2.15. The molecule has 0 bridgehead atoms. The van der Waals surface area contributed by atoms with Gasteiger partial charge >= 0.3 is 0 Å². The van der Waals surface area contributed by atoms with Crippen LogP contribution in [0.15, 0.2) is 41.4 Å². The number of hydrogen-bond acceptors (Lipinski definition) is 5. The molecule has 5 nitrogen and oxygen atoms in total. The van der Waals surface area contributed by atoms with Crippen LogP contribution in [0.5, 0.6) is 0 Å². The highest BCUT2D eigenvalue weighted by atomic mass is 14.8. The van der Waals surface area contributed by atoms with Crippen molar-refractivity contribution in [3.8, 4) is 0 Å². The minimum atomic E-state index is 0.369. The van der Waals surface area contributed by atoms with E-state index in [1.165, 1.54) is 0 Å². The summed E-state index contributed by atoms with van der Waals surface area (Å²) in [6.45, 7) is 0.759. The van der Waals surface area contributed by atoms with Gasteiger partial charge in [0.25, 0.3) is 0 Å². The van der Waals surface area contributed by atoms with Crippen LogP contribution >= 0.6 is 0 Å². The molecule has 24 heavy (non-hydrogen) atoms. The van der Waals surface area contributed by atoms with Gasteiger partial charge in [-0.2, -0.15) is 0 Å².